The van der Waals surface area contributed by atoms with E-state index in [0.717, 1.165) is 84.0 Å². The van der Waals surface area contributed by atoms with Crippen LogP contribution in [0.4, 0.5) is 5.00 Å². The van der Waals surface area contributed by atoms with Gasteiger partial charge in [-0.25, -0.2) is 9.59 Å². The van der Waals surface area contributed by atoms with Crippen LogP contribution in [0.1, 0.15) is 75.0 Å². The predicted molar refractivity (Wildman–Crippen MR) is 134 cm³/mol. The van der Waals surface area contributed by atoms with E-state index in [1.54, 1.807) is 6.92 Å². The molecule has 0 unspecified atom stereocenters. The summed E-state index contributed by atoms with van der Waals surface area (Å²) < 4.78 is 10.7. The van der Waals surface area contributed by atoms with Gasteiger partial charge in [0.1, 0.15) is 5.00 Å². The molecule has 0 bridgehead atoms. The number of hydrogen-bond donors (Lipinski definition) is 1. The number of aryl methyl sites for hydroxylation is 2. The number of hydrogen-bond acceptors (Lipinski definition) is 7. The van der Waals surface area contributed by atoms with Gasteiger partial charge < -0.3 is 14.8 Å². The van der Waals surface area contributed by atoms with E-state index in [9.17, 15) is 14.4 Å². The molecule has 0 atom stereocenters. The Kier molecular flexibility index (Phi) is 6.81. The van der Waals surface area contributed by atoms with Gasteiger partial charge in [-0.3, -0.25) is 9.78 Å². The van der Waals surface area contributed by atoms with Gasteiger partial charge in [0.2, 0.25) is 0 Å². The zero-order chi connectivity index (χ0) is 24.4. The average molecular weight is 493 g/mol. The molecule has 8 heteroatoms. The van der Waals surface area contributed by atoms with Crippen molar-refractivity contribution in [3.63, 3.8) is 0 Å². The maximum Gasteiger partial charge on any atom is 0.341 e. The van der Waals surface area contributed by atoms with E-state index in [1.807, 2.05) is 24.3 Å². The molecule has 1 aromatic carbocycles. The van der Waals surface area contributed by atoms with Crippen LogP contribution in [0.3, 0.4) is 0 Å². The lowest BCUT2D eigenvalue weighted by Gasteiger charge is -2.19. The van der Waals surface area contributed by atoms with Crippen molar-refractivity contribution in [2.24, 2.45) is 0 Å². The van der Waals surface area contributed by atoms with Crippen molar-refractivity contribution in [3.05, 3.63) is 57.1 Å². The van der Waals surface area contributed by atoms with Gasteiger partial charge >= 0.3 is 11.9 Å². The van der Waals surface area contributed by atoms with Crippen molar-refractivity contribution in [1.29, 1.82) is 0 Å². The highest BCUT2D eigenvalue weighted by Crippen LogP contribution is 2.38. The largest absolute Gasteiger partial charge is 0.462 e. The van der Waals surface area contributed by atoms with Gasteiger partial charge in [0, 0.05) is 16.0 Å². The van der Waals surface area contributed by atoms with Gasteiger partial charge in [-0.05, 0) is 75.5 Å². The van der Waals surface area contributed by atoms with E-state index in [-0.39, 0.29) is 6.61 Å². The normalized spacial score (nSPS) is 14.7. The minimum atomic E-state index is -0.520. The van der Waals surface area contributed by atoms with Crippen molar-refractivity contribution in [2.75, 3.05) is 18.5 Å². The monoisotopic (exact) mass is 492 g/mol. The van der Waals surface area contributed by atoms with E-state index >= 15 is 0 Å². The Balaban J connectivity index is 1.35. The van der Waals surface area contributed by atoms with Crippen LogP contribution in [0.15, 0.2) is 24.3 Å². The molecule has 1 amide bonds. The third kappa shape index (κ3) is 4.67. The number of para-hydroxylation sites is 1. The topological polar surface area (TPSA) is 94.6 Å². The van der Waals surface area contributed by atoms with Gasteiger partial charge in [-0.1, -0.05) is 18.2 Å². The number of nitrogens with zero attached hydrogens (tertiary/aromatic N) is 1. The van der Waals surface area contributed by atoms with Crippen LogP contribution in [0.25, 0.3) is 10.9 Å². The van der Waals surface area contributed by atoms with Crippen LogP contribution in [0, 0.1) is 0 Å². The van der Waals surface area contributed by atoms with E-state index < -0.39 is 24.5 Å². The summed E-state index contributed by atoms with van der Waals surface area (Å²) in [4.78, 5) is 44.5. The molecule has 2 heterocycles. The maximum atomic E-state index is 13.2. The standard InChI is InChI=1S/C27H28N2O5S/c1-2-33-27(32)24-18-11-5-8-14-21(18)35-25(24)29-22(30)15-34-26(31)23-16-9-3-6-12-19(16)28-20-13-7-4-10-17(20)23/h3,6,9,12H,2,4-5,7-8,10-11,13-15H2,1H3,(H,29,30). The third-order valence-corrected chi connectivity index (χ3v) is 7.82. The minimum Gasteiger partial charge on any atom is -0.462 e. The van der Waals surface area contributed by atoms with Crippen molar-refractivity contribution in [1.82, 2.24) is 4.98 Å². The molecule has 0 aliphatic heterocycles. The molecule has 0 saturated heterocycles. The highest BCUT2D eigenvalue weighted by atomic mass is 32.1. The number of aromatic nitrogens is 1. The lowest BCUT2D eigenvalue weighted by atomic mass is 9.90. The average Bonchev–Trinajstić information content (AvgIpc) is 3.23. The van der Waals surface area contributed by atoms with Gasteiger partial charge in [0.15, 0.2) is 6.61 Å². The van der Waals surface area contributed by atoms with E-state index in [0.29, 0.717) is 16.1 Å². The molecular formula is C27H28N2O5S. The number of rotatable bonds is 6. The Labute approximate surface area is 207 Å². The number of anilines is 1. The quantitative estimate of drug-likeness (QED) is 0.485. The van der Waals surface area contributed by atoms with Crippen molar-refractivity contribution >= 4 is 45.1 Å². The molecule has 1 N–H and O–H groups in total. The molecule has 0 fully saturated rings. The molecular weight excluding hydrogens is 464 g/mol. The number of ether oxygens (including phenoxy) is 2. The van der Waals surface area contributed by atoms with Crippen LogP contribution in [-0.4, -0.2) is 36.0 Å². The Bertz CT molecular complexity index is 1310. The number of esters is 2. The summed E-state index contributed by atoms with van der Waals surface area (Å²) in [5.74, 6) is -1.42. The van der Waals surface area contributed by atoms with Gasteiger partial charge in [-0.2, -0.15) is 0 Å². The third-order valence-electron chi connectivity index (χ3n) is 6.61. The number of carbonyl (C=O) groups excluding carboxylic acids is 3. The highest BCUT2D eigenvalue weighted by molar-refractivity contribution is 7.17. The molecule has 2 aliphatic carbocycles. The second kappa shape index (κ2) is 10.2. The molecule has 182 valence electrons. The second-order valence-corrected chi connectivity index (χ2v) is 10.0. The Morgan fingerprint density at radius 3 is 2.46 bits per heavy atom. The van der Waals surface area contributed by atoms with Crippen LogP contribution >= 0.6 is 11.3 Å². The molecule has 0 spiro atoms. The highest BCUT2D eigenvalue weighted by Gasteiger charge is 2.28. The molecule has 5 rings (SSSR count). The lowest BCUT2D eigenvalue weighted by molar-refractivity contribution is -0.119. The molecule has 7 nitrogen and oxygen atoms in total. The van der Waals surface area contributed by atoms with Crippen LogP contribution in [0.5, 0.6) is 0 Å². The number of pyridine rings is 1. The van der Waals surface area contributed by atoms with Crippen LogP contribution in [0.2, 0.25) is 0 Å². The Morgan fingerprint density at radius 1 is 0.914 bits per heavy atom. The van der Waals surface area contributed by atoms with Gasteiger partial charge in [-0.15, -0.1) is 11.3 Å². The summed E-state index contributed by atoms with van der Waals surface area (Å²) >= 11 is 1.41. The second-order valence-electron chi connectivity index (χ2n) is 8.90. The Hall–Kier alpha value is -3.26. The zero-order valence-corrected chi connectivity index (χ0v) is 20.6. The number of nitrogens with one attached hydrogen (secondary N) is 1. The first-order chi connectivity index (χ1) is 17.1. The minimum absolute atomic E-state index is 0.263. The van der Waals surface area contributed by atoms with Crippen molar-refractivity contribution in [3.8, 4) is 0 Å². The summed E-state index contributed by atoms with van der Waals surface area (Å²) in [6.07, 6.45) is 7.39. The summed E-state index contributed by atoms with van der Waals surface area (Å²) in [5, 5.41) is 4.02. The molecule has 0 radical (unpaired) electrons. The summed E-state index contributed by atoms with van der Waals surface area (Å²) in [6, 6.07) is 7.53. The van der Waals surface area contributed by atoms with E-state index in [1.165, 1.54) is 11.3 Å². The van der Waals surface area contributed by atoms with Crippen LogP contribution in [-0.2, 0) is 40.0 Å². The van der Waals surface area contributed by atoms with Crippen molar-refractivity contribution < 1.29 is 23.9 Å². The summed E-state index contributed by atoms with van der Waals surface area (Å²) in [6.45, 7) is 1.59. The van der Waals surface area contributed by atoms with Crippen LogP contribution < -0.4 is 5.32 Å². The van der Waals surface area contributed by atoms with Gasteiger partial charge in [0.05, 0.1) is 23.3 Å². The molecule has 2 aromatic heterocycles. The summed E-state index contributed by atoms with van der Waals surface area (Å²) in [5.41, 5.74) is 4.55. The first-order valence-electron chi connectivity index (χ1n) is 12.3. The fourth-order valence-electron chi connectivity index (χ4n) is 5.04. The molecule has 35 heavy (non-hydrogen) atoms. The van der Waals surface area contributed by atoms with Crippen molar-refractivity contribution in [2.45, 2.75) is 58.3 Å². The fraction of sp³-hybridized carbons (Fsp3) is 0.407. The maximum absolute atomic E-state index is 13.2. The molecule has 0 saturated carbocycles. The number of amides is 1. The smallest absolute Gasteiger partial charge is 0.341 e. The number of carbonyl (C=O) groups is 3. The number of thiophene rings is 1. The first-order valence-corrected chi connectivity index (χ1v) is 13.1. The first kappa shape index (κ1) is 23.5. The fourth-order valence-corrected chi connectivity index (χ4v) is 6.34. The molecule has 2 aliphatic rings. The van der Waals surface area contributed by atoms with E-state index in [4.69, 9.17) is 14.5 Å². The zero-order valence-electron chi connectivity index (χ0n) is 19.8. The predicted octanol–water partition coefficient (Wildman–Crippen LogP) is 5.03. The Morgan fingerprint density at radius 2 is 1.63 bits per heavy atom. The number of fused-ring (bicyclic) bond motifs is 3. The van der Waals surface area contributed by atoms with Gasteiger partial charge in [0.25, 0.3) is 5.91 Å². The molecule has 3 aromatic rings. The lowest BCUT2D eigenvalue weighted by Crippen LogP contribution is -2.23. The SMILES string of the molecule is CCOC(=O)c1c(NC(=O)COC(=O)c2c3c(nc4ccccc24)CCCC3)sc2c1CCCC2. The number of benzene rings is 1. The summed E-state index contributed by atoms with van der Waals surface area (Å²) in [7, 11) is 0. The van der Waals surface area contributed by atoms with E-state index in [2.05, 4.69) is 5.32 Å².